The van der Waals surface area contributed by atoms with Gasteiger partial charge in [-0.05, 0) is 60.1 Å². The Kier molecular flexibility index (Phi) is 3.52. The van der Waals surface area contributed by atoms with Crippen LogP contribution in [-0.4, -0.2) is 27.5 Å². The van der Waals surface area contributed by atoms with Crippen molar-refractivity contribution in [3.05, 3.63) is 17.0 Å². The molecule has 0 spiro atoms. The van der Waals surface area contributed by atoms with Crippen molar-refractivity contribution in [3.63, 3.8) is 0 Å². The lowest BCUT2D eigenvalue weighted by molar-refractivity contribution is -0.0739. The van der Waals surface area contributed by atoms with Gasteiger partial charge in [0, 0.05) is 12.1 Å². The van der Waals surface area contributed by atoms with Crippen molar-refractivity contribution in [1.29, 1.82) is 0 Å². The van der Waals surface area contributed by atoms with Gasteiger partial charge in [0.2, 0.25) is 0 Å². The summed E-state index contributed by atoms with van der Waals surface area (Å²) in [7, 11) is 0. The molecule has 1 aliphatic heterocycles. The predicted octanol–water partition coefficient (Wildman–Crippen LogP) is 2.52. The maximum atomic E-state index is 6.18. The summed E-state index contributed by atoms with van der Waals surface area (Å²) < 4.78 is 8.34. The molecule has 0 saturated carbocycles. The highest BCUT2D eigenvalue weighted by Gasteiger charge is 2.47. The number of hydrogen-bond donors (Lipinski definition) is 1. The van der Waals surface area contributed by atoms with Gasteiger partial charge in [0.15, 0.2) is 0 Å². The molecule has 0 amide bonds. The Hall–Kier alpha value is -0.870. The molecule has 1 aliphatic rings. The fraction of sp³-hybridized carbons (Fsp3) is 0.800. The van der Waals surface area contributed by atoms with Gasteiger partial charge in [-0.2, -0.15) is 5.10 Å². The fourth-order valence-electron chi connectivity index (χ4n) is 3.42. The number of hydrogen-bond acceptors (Lipinski definition) is 3. The number of nitrogens with two attached hydrogens (primary N) is 1. The molecule has 1 atom stereocenters. The molecule has 1 unspecified atom stereocenters. The lowest BCUT2D eigenvalue weighted by Crippen LogP contribution is -2.32. The van der Waals surface area contributed by atoms with E-state index in [4.69, 9.17) is 15.6 Å². The fourth-order valence-corrected chi connectivity index (χ4v) is 3.42. The lowest BCUT2D eigenvalue weighted by Gasteiger charge is -2.28. The van der Waals surface area contributed by atoms with Crippen LogP contribution < -0.4 is 5.73 Å². The third kappa shape index (κ3) is 2.56. The molecule has 0 aliphatic carbocycles. The van der Waals surface area contributed by atoms with Gasteiger partial charge in [-0.25, -0.2) is 0 Å². The molecule has 4 heteroatoms. The summed E-state index contributed by atoms with van der Waals surface area (Å²) in [5, 5.41) is 4.75. The number of nitrogens with zero attached hydrogens (tertiary/aromatic N) is 2. The molecule has 2 rings (SSSR count). The van der Waals surface area contributed by atoms with E-state index in [1.807, 2.05) is 0 Å². The highest BCUT2D eigenvalue weighted by atomic mass is 16.5. The monoisotopic (exact) mass is 265 g/mol. The average Bonchev–Trinajstić information content (AvgIpc) is 2.64. The molecular formula is C15H27N3O. The summed E-state index contributed by atoms with van der Waals surface area (Å²) in [6.45, 7) is 13.5. The quantitative estimate of drug-likeness (QED) is 0.913. The van der Waals surface area contributed by atoms with Gasteiger partial charge in [0.1, 0.15) is 0 Å². The molecule has 19 heavy (non-hydrogen) atoms. The summed E-state index contributed by atoms with van der Waals surface area (Å²) in [6.07, 6.45) is 1.89. The smallest absolute Gasteiger partial charge is 0.0858 e. The Balaban J connectivity index is 2.40. The van der Waals surface area contributed by atoms with Gasteiger partial charge in [0.25, 0.3) is 0 Å². The van der Waals surface area contributed by atoms with Crippen molar-refractivity contribution < 1.29 is 4.74 Å². The van der Waals surface area contributed by atoms with E-state index in [0.717, 1.165) is 18.5 Å². The van der Waals surface area contributed by atoms with E-state index >= 15 is 0 Å². The van der Waals surface area contributed by atoms with E-state index in [0.29, 0.717) is 6.54 Å². The van der Waals surface area contributed by atoms with E-state index in [1.54, 1.807) is 0 Å². The summed E-state index contributed by atoms with van der Waals surface area (Å²) in [4.78, 5) is 0. The van der Waals surface area contributed by atoms with Gasteiger partial charge in [-0.15, -0.1) is 0 Å². The highest BCUT2D eigenvalue weighted by Crippen LogP contribution is 2.45. The second-order valence-electron chi connectivity index (χ2n) is 6.82. The number of rotatable bonds is 3. The minimum Gasteiger partial charge on any atom is -0.367 e. The first kappa shape index (κ1) is 14.5. The van der Waals surface area contributed by atoms with Crippen LogP contribution in [0, 0.1) is 13.8 Å². The van der Waals surface area contributed by atoms with Gasteiger partial charge in [-0.1, -0.05) is 0 Å². The molecule has 1 aromatic heterocycles. The van der Waals surface area contributed by atoms with Crippen LogP contribution in [-0.2, 0) is 11.2 Å². The molecule has 4 nitrogen and oxygen atoms in total. The van der Waals surface area contributed by atoms with Crippen LogP contribution >= 0.6 is 0 Å². The molecule has 2 N–H and O–H groups in total. The topological polar surface area (TPSA) is 53.1 Å². The Morgan fingerprint density at radius 1 is 1.32 bits per heavy atom. The Labute approximate surface area is 116 Å². The molecular weight excluding hydrogens is 238 g/mol. The molecule has 108 valence electrons. The summed E-state index contributed by atoms with van der Waals surface area (Å²) >= 11 is 0. The van der Waals surface area contributed by atoms with Gasteiger partial charge in [0.05, 0.1) is 22.9 Å². The first-order valence-electron chi connectivity index (χ1n) is 7.13. The second kappa shape index (κ2) is 4.60. The summed E-state index contributed by atoms with van der Waals surface area (Å²) in [6, 6.07) is 0.285. The van der Waals surface area contributed by atoms with Crippen molar-refractivity contribution in [2.45, 2.75) is 71.6 Å². The van der Waals surface area contributed by atoms with Crippen LogP contribution in [0.15, 0.2) is 0 Å². The zero-order valence-electron chi connectivity index (χ0n) is 13.1. The van der Waals surface area contributed by atoms with Crippen LogP contribution in [0.2, 0.25) is 0 Å². The Morgan fingerprint density at radius 3 is 2.42 bits per heavy atom. The van der Waals surface area contributed by atoms with E-state index in [1.165, 1.54) is 11.3 Å². The highest BCUT2D eigenvalue weighted by molar-refractivity contribution is 5.26. The van der Waals surface area contributed by atoms with Crippen molar-refractivity contribution in [1.82, 2.24) is 9.78 Å². The predicted molar refractivity (Wildman–Crippen MR) is 77.4 cm³/mol. The standard InChI is InChI=1S/C15H27N3O/c1-10-12(7-8-16)11(2)18(17-10)13-9-14(3,4)19-15(13,5)6/h13H,7-9,16H2,1-6H3. The third-order valence-electron chi connectivity index (χ3n) is 4.19. The summed E-state index contributed by atoms with van der Waals surface area (Å²) in [5.74, 6) is 0. The largest absolute Gasteiger partial charge is 0.367 e. The Bertz CT molecular complexity index is 474. The van der Waals surface area contributed by atoms with E-state index in [9.17, 15) is 0 Å². The third-order valence-corrected chi connectivity index (χ3v) is 4.19. The van der Waals surface area contributed by atoms with Crippen LogP contribution in [0.5, 0.6) is 0 Å². The SMILES string of the molecule is Cc1nn(C2CC(C)(C)OC2(C)C)c(C)c1CCN. The molecule has 0 radical (unpaired) electrons. The zero-order chi connectivity index (χ0) is 14.4. The van der Waals surface area contributed by atoms with E-state index < -0.39 is 0 Å². The van der Waals surface area contributed by atoms with Crippen molar-refractivity contribution in [2.75, 3.05) is 6.54 Å². The van der Waals surface area contributed by atoms with E-state index in [-0.39, 0.29) is 17.2 Å². The van der Waals surface area contributed by atoms with Gasteiger partial charge >= 0.3 is 0 Å². The second-order valence-corrected chi connectivity index (χ2v) is 6.82. The van der Waals surface area contributed by atoms with Crippen molar-refractivity contribution >= 4 is 0 Å². The van der Waals surface area contributed by atoms with E-state index in [2.05, 4.69) is 46.2 Å². The average molecular weight is 265 g/mol. The number of ether oxygens (including phenoxy) is 1. The minimum atomic E-state index is -0.188. The van der Waals surface area contributed by atoms with Crippen LogP contribution in [0.3, 0.4) is 0 Å². The molecule has 1 aromatic rings. The van der Waals surface area contributed by atoms with Crippen molar-refractivity contribution in [2.24, 2.45) is 5.73 Å². The van der Waals surface area contributed by atoms with Gasteiger partial charge in [-0.3, -0.25) is 4.68 Å². The first-order valence-corrected chi connectivity index (χ1v) is 7.13. The molecule has 2 heterocycles. The van der Waals surface area contributed by atoms with Crippen LogP contribution in [0.25, 0.3) is 0 Å². The van der Waals surface area contributed by atoms with Crippen molar-refractivity contribution in [3.8, 4) is 0 Å². The normalized spacial score (nSPS) is 24.9. The molecule has 0 aromatic carbocycles. The maximum Gasteiger partial charge on any atom is 0.0858 e. The lowest BCUT2D eigenvalue weighted by atomic mass is 9.94. The molecule has 1 fully saturated rings. The molecule has 1 saturated heterocycles. The minimum absolute atomic E-state index is 0.0888. The number of aryl methyl sites for hydroxylation is 1. The first-order chi connectivity index (χ1) is 8.68. The number of aromatic nitrogens is 2. The zero-order valence-corrected chi connectivity index (χ0v) is 13.1. The maximum absolute atomic E-state index is 6.18. The van der Waals surface area contributed by atoms with Gasteiger partial charge < -0.3 is 10.5 Å². The van der Waals surface area contributed by atoms with Crippen LogP contribution in [0.4, 0.5) is 0 Å². The Morgan fingerprint density at radius 2 is 1.95 bits per heavy atom. The van der Waals surface area contributed by atoms with Crippen LogP contribution in [0.1, 0.15) is 57.1 Å². The summed E-state index contributed by atoms with van der Waals surface area (Å²) in [5.41, 5.74) is 9.05. The molecule has 0 bridgehead atoms.